The maximum atomic E-state index is 14.5. The van der Waals surface area contributed by atoms with E-state index in [9.17, 15) is 9.18 Å². The third kappa shape index (κ3) is 7.17. The van der Waals surface area contributed by atoms with E-state index in [1.54, 1.807) is 6.07 Å². The molecule has 0 aliphatic heterocycles. The molecule has 0 bridgehead atoms. The summed E-state index contributed by atoms with van der Waals surface area (Å²) >= 11 is 0. The summed E-state index contributed by atoms with van der Waals surface area (Å²) in [7, 11) is 0. The molecule has 0 atom stereocenters. The van der Waals surface area contributed by atoms with E-state index in [1.165, 1.54) is 19.3 Å². The van der Waals surface area contributed by atoms with E-state index in [2.05, 4.69) is 10.5 Å². The van der Waals surface area contributed by atoms with Gasteiger partial charge in [-0.2, -0.15) is 0 Å². The molecule has 31 heavy (non-hydrogen) atoms. The first-order valence-corrected chi connectivity index (χ1v) is 11.0. The third-order valence-corrected chi connectivity index (χ3v) is 5.76. The highest BCUT2D eigenvalue weighted by atomic mass is 19.1. The fourth-order valence-electron chi connectivity index (χ4n) is 3.95. The minimum absolute atomic E-state index is 0.106. The van der Waals surface area contributed by atoms with E-state index < -0.39 is 5.97 Å². The zero-order chi connectivity index (χ0) is 22.1. The molecule has 5 nitrogen and oxygen atoms in total. The lowest BCUT2D eigenvalue weighted by molar-refractivity contribution is -0.136. The van der Waals surface area contributed by atoms with Gasteiger partial charge in [0.1, 0.15) is 12.4 Å². The van der Waals surface area contributed by atoms with Crippen LogP contribution in [0.4, 0.5) is 4.39 Å². The zero-order valence-corrected chi connectivity index (χ0v) is 18.1. The number of oxime groups is 1. The quantitative estimate of drug-likeness (QED) is 0.304. The van der Waals surface area contributed by atoms with E-state index in [1.807, 2.05) is 43.3 Å². The zero-order valence-electron chi connectivity index (χ0n) is 18.1. The Morgan fingerprint density at radius 2 is 1.84 bits per heavy atom. The molecular formula is C25H31FN2O3. The first-order valence-electron chi connectivity index (χ1n) is 11.0. The molecule has 2 aromatic rings. The summed E-state index contributed by atoms with van der Waals surface area (Å²) in [4.78, 5) is 16.0. The first-order chi connectivity index (χ1) is 15.0. The number of carboxylic acids is 1. The van der Waals surface area contributed by atoms with E-state index in [0.717, 1.165) is 40.8 Å². The van der Waals surface area contributed by atoms with Crippen LogP contribution in [0.15, 0.2) is 47.6 Å². The van der Waals surface area contributed by atoms with E-state index in [-0.39, 0.29) is 18.8 Å². The molecule has 2 N–H and O–H groups in total. The smallest absolute Gasteiger partial charge is 0.304 e. The van der Waals surface area contributed by atoms with Gasteiger partial charge in [-0.3, -0.25) is 4.79 Å². The molecule has 3 rings (SSSR count). The first kappa shape index (κ1) is 22.9. The average Bonchev–Trinajstić information content (AvgIpc) is 2.77. The maximum Gasteiger partial charge on any atom is 0.304 e. The summed E-state index contributed by atoms with van der Waals surface area (Å²) in [5, 5.41) is 15.9. The molecule has 1 aliphatic rings. The van der Waals surface area contributed by atoms with Crippen LogP contribution in [0.1, 0.15) is 73.6 Å². The van der Waals surface area contributed by atoms with Gasteiger partial charge in [-0.05, 0) is 54.0 Å². The van der Waals surface area contributed by atoms with Crippen LogP contribution in [0.2, 0.25) is 0 Å². The highest BCUT2D eigenvalue weighted by Gasteiger charge is 2.18. The predicted molar refractivity (Wildman–Crippen MR) is 120 cm³/mol. The van der Waals surface area contributed by atoms with Gasteiger partial charge in [0.2, 0.25) is 0 Å². The molecule has 166 valence electrons. The summed E-state index contributed by atoms with van der Waals surface area (Å²) in [6.07, 6.45) is 5.89. The van der Waals surface area contributed by atoms with Crippen LogP contribution in [-0.2, 0) is 22.8 Å². The van der Waals surface area contributed by atoms with Crippen molar-refractivity contribution in [2.45, 2.75) is 64.5 Å². The average molecular weight is 427 g/mol. The summed E-state index contributed by atoms with van der Waals surface area (Å²) in [6, 6.07) is 13.3. The van der Waals surface area contributed by atoms with Gasteiger partial charge >= 0.3 is 5.97 Å². The molecule has 0 aromatic heterocycles. The third-order valence-electron chi connectivity index (χ3n) is 5.76. The van der Waals surface area contributed by atoms with Gasteiger partial charge in [0.15, 0.2) is 0 Å². The summed E-state index contributed by atoms with van der Waals surface area (Å²) in [5.74, 6) is -0.599. The molecule has 0 radical (unpaired) electrons. The van der Waals surface area contributed by atoms with Crippen LogP contribution in [0.5, 0.6) is 0 Å². The van der Waals surface area contributed by atoms with Gasteiger partial charge in [0.05, 0.1) is 12.1 Å². The van der Waals surface area contributed by atoms with Gasteiger partial charge < -0.3 is 15.3 Å². The predicted octanol–water partition coefficient (Wildman–Crippen LogP) is 5.38. The molecular weight excluding hydrogens is 395 g/mol. The number of carboxylic acid groups (broad SMARTS) is 1. The minimum atomic E-state index is -0.808. The fraction of sp³-hybridized carbons (Fsp3) is 0.440. The molecule has 0 spiro atoms. The number of halogens is 1. The Morgan fingerprint density at radius 3 is 2.52 bits per heavy atom. The largest absolute Gasteiger partial charge is 0.481 e. The van der Waals surface area contributed by atoms with Crippen molar-refractivity contribution in [1.82, 2.24) is 5.32 Å². The Kier molecular flexibility index (Phi) is 8.59. The molecule has 0 heterocycles. The maximum absolute atomic E-state index is 14.5. The summed E-state index contributed by atoms with van der Waals surface area (Å²) < 4.78 is 14.5. The van der Waals surface area contributed by atoms with Crippen molar-refractivity contribution in [1.29, 1.82) is 0 Å². The summed E-state index contributed by atoms with van der Waals surface area (Å²) in [5.41, 5.74) is 4.35. The standard InChI is InChI=1S/C25H31FN2O3/c1-18(21-10-7-19(8-11-21)16-27-14-13-25(29)30)28-31-17-20-9-12-23(24(26)15-20)22-5-3-2-4-6-22/h7-12,15,22,27H,2-6,13-14,16-17H2,1H3,(H,29,30)/b28-18-. The number of hydrogen-bond acceptors (Lipinski definition) is 4. The molecule has 1 fully saturated rings. The Balaban J connectivity index is 1.49. The molecule has 0 unspecified atom stereocenters. The number of nitrogens with one attached hydrogen (secondary N) is 1. The van der Waals surface area contributed by atoms with Gasteiger partial charge in [-0.15, -0.1) is 0 Å². The number of hydrogen-bond donors (Lipinski definition) is 2. The molecule has 1 aliphatic carbocycles. The van der Waals surface area contributed by atoms with E-state index in [4.69, 9.17) is 9.94 Å². The molecule has 2 aromatic carbocycles. The molecule has 0 amide bonds. The Hall–Kier alpha value is -2.73. The van der Waals surface area contributed by atoms with E-state index in [0.29, 0.717) is 19.0 Å². The van der Waals surface area contributed by atoms with Crippen molar-refractivity contribution in [2.75, 3.05) is 6.54 Å². The topological polar surface area (TPSA) is 70.9 Å². The monoisotopic (exact) mass is 426 g/mol. The number of carbonyl (C=O) groups is 1. The van der Waals surface area contributed by atoms with Crippen molar-refractivity contribution in [3.8, 4) is 0 Å². The van der Waals surface area contributed by atoms with Gasteiger partial charge in [0, 0.05) is 13.1 Å². The lowest BCUT2D eigenvalue weighted by atomic mass is 9.83. The highest BCUT2D eigenvalue weighted by Crippen LogP contribution is 2.34. The lowest BCUT2D eigenvalue weighted by Gasteiger charge is -2.22. The second-order valence-corrected chi connectivity index (χ2v) is 8.16. The Morgan fingerprint density at radius 1 is 1.13 bits per heavy atom. The van der Waals surface area contributed by atoms with Crippen LogP contribution < -0.4 is 5.32 Å². The normalized spacial score (nSPS) is 15.1. The second kappa shape index (κ2) is 11.6. The van der Waals surface area contributed by atoms with Crippen molar-refractivity contribution in [3.05, 3.63) is 70.5 Å². The van der Waals surface area contributed by atoms with Crippen LogP contribution in [0.25, 0.3) is 0 Å². The van der Waals surface area contributed by atoms with Gasteiger partial charge in [0.25, 0.3) is 0 Å². The van der Waals surface area contributed by atoms with Gasteiger partial charge in [-0.25, -0.2) is 4.39 Å². The fourth-order valence-corrected chi connectivity index (χ4v) is 3.95. The molecule has 0 saturated heterocycles. The summed E-state index contributed by atoms with van der Waals surface area (Å²) in [6.45, 7) is 3.15. The second-order valence-electron chi connectivity index (χ2n) is 8.16. The van der Waals surface area contributed by atoms with Crippen LogP contribution in [-0.4, -0.2) is 23.3 Å². The molecule has 6 heteroatoms. The van der Waals surface area contributed by atoms with Crippen LogP contribution >= 0.6 is 0 Å². The number of nitrogens with zero attached hydrogens (tertiary/aromatic N) is 1. The molecule has 1 saturated carbocycles. The lowest BCUT2D eigenvalue weighted by Crippen LogP contribution is -2.17. The van der Waals surface area contributed by atoms with E-state index >= 15 is 0 Å². The van der Waals surface area contributed by atoms with Crippen molar-refractivity contribution in [2.24, 2.45) is 5.16 Å². The minimum Gasteiger partial charge on any atom is -0.481 e. The Labute approximate surface area is 183 Å². The van der Waals surface area contributed by atoms with Crippen LogP contribution in [0, 0.1) is 5.82 Å². The van der Waals surface area contributed by atoms with Gasteiger partial charge in [-0.1, -0.05) is 60.8 Å². The highest BCUT2D eigenvalue weighted by molar-refractivity contribution is 5.98. The SMILES string of the molecule is C/C(=N/OCc1ccc(C2CCCCC2)c(F)c1)c1ccc(CNCCC(=O)O)cc1. The van der Waals surface area contributed by atoms with Crippen molar-refractivity contribution >= 4 is 11.7 Å². The number of rotatable bonds is 10. The van der Waals surface area contributed by atoms with Crippen molar-refractivity contribution < 1.29 is 19.1 Å². The Bertz CT molecular complexity index is 890. The number of aliphatic carboxylic acids is 1. The number of benzene rings is 2. The van der Waals surface area contributed by atoms with Crippen molar-refractivity contribution in [3.63, 3.8) is 0 Å². The van der Waals surface area contributed by atoms with Crippen LogP contribution in [0.3, 0.4) is 0 Å².